The lowest BCUT2D eigenvalue weighted by Gasteiger charge is -1.89. The molecule has 2 N–H and O–H groups in total. The summed E-state index contributed by atoms with van der Waals surface area (Å²) in [5, 5.41) is 15.9. The SMILES string of the molecule is CC(C)=O.O=C[C@H](O)CO. The molecule has 0 unspecified atom stereocenters. The first-order valence-corrected chi connectivity index (χ1v) is 2.76. The number of carbonyl (C=O) groups is 2. The fourth-order valence-corrected chi connectivity index (χ4v) is 0.0430. The van der Waals surface area contributed by atoms with Gasteiger partial charge in [-0.25, -0.2) is 0 Å². The average molecular weight is 148 g/mol. The van der Waals surface area contributed by atoms with Crippen molar-refractivity contribution in [3.63, 3.8) is 0 Å². The van der Waals surface area contributed by atoms with Gasteiger partial charge < -0.3 is 19.8 Å². The summed E-state index contributed by atoms with van der Waals surface area (Å²) >= 11 is 0. The fraction of sp³-hybridized carbons (Fsp3) is 0.667. The van der Waals surface area contributed by atoms with Crippen molar-refractivity contribution in [1.82, 2.24) is 0 Å². The Balaban J connectivity index is 0. The lowest BCUT2D eigenvalue weighted by molar-refractivity contribution is -0.116. The van der Waals surface area contributed by atoms with E-state index in [0.29, 0.717) is 0 Å². The van der Waals surface area contributed by atoms with E-state index in [0.717, 1.165) is 0 Å². The highest BCUT2D eigenvalue weighted by molar-refractivity contribution is 5.72. The van der Waals surface area contributed by atoms with Crippen molar-refractivity contribution in [2.75, 3.05) is 6.61 Å². The molecule has 0 heterocycles. The monoisotopic (exact) mass is 148 g/mol. The van der Waals surface area contributed by atoms with Crippen LogP contribution in [0.15, 0.2) is 0 Å². The average Bonchev–Trinajstić information content (AvgIpc) is 1.85. The quantitative estimate of drug-likeness (QED) is 0.499. The molecule has 0 amide bonds. The molecule has 1 atom stereocenters. The van der Waals surface area contributed by atoms with E-state index in [4.69, 9.17) is 10.2 Å². The van der Waals surface area contributed by atoms with Crippen LogP contribution in [0.25, 0.3) is 0 Å². The highest BCUT2D eigenvalue weighted by Gasteiger charge is 1.92. The van der Waals surface area contributed by atoms with Crippen LogP contribution in [0.1, 0.15) is 13.8 Å². The maximum Gasteiger partial charge on any atom is 0.150 e. The third-order valence-corrected chi connectivity index (χ3v) is 0.344. The number of aliphatic hydroxyl groups is 2. The molecule has 0 radical (unpaired) electrons. The molecule has 60 valence electrons. The van der Waals surface area contributed by atoms with Crippen molar-refractivity contribution in [2.24, 2.45) is 0 Å². The molecule has 10 heavy (non-hydrogen) atoms. The van der Waals surface area contributed by atoms with Crippen molar-refractivity contribution in [1.29, 1.82) is 0 Å². The molecule has 0 aromatic heterocycles. The molecule has 0 saturated carbocycles. The van der Waals surface area contributed by atoms with Gasteiger partial charge >= 0.3 is 0 Å². The van der Waals surface area contributed by atoms with Crippen molar-refractivity contribution in [2.45, 2.75) is 20.0 Å². The van der Waals surface area contributed by atoms with E-state index in [9.17, 15) is 9.59 Å². The molecule has 0 aromatic carbocycles. The van der Waals surface area contributed by atoms with Gasteiger partial charge in [-0.05, 0) is 13.8 Å². The fourth-order valence-electron chi connectivity index (χ4n) is 0.0430. The molecule has 0 aromatic rings. The standard InChI is InChI=1S/C3H6O3.C3H6O/c4-1-3(6)2-5;1-3(2)4/h1,3,5-6H,2H2;1-2H3/t3-;/m0./s1. The van der Waals surface area contributed by atoms with Crippen LogP contribution in [0.3, 0.4) is 0 Å². The number of rotatable bonds is 2. The smallest absolute Gasteiger partial charge is 0.150 e. The van der Waals surface area contributed by atoms with Gasteiger partial charge in [0.05, 0.1) is 6.61 Å². The van der Waals surface area contributed by atoms with Gasteiger partial charge in [0.2, 0.25) is 0 Å². The number of aliphatic hydroxyl groups excluding tert-OH is 2. The Kier molecular flexibility index (Phi) is 9.90. The van der Waals surface area contributed by atoms with Crippen LogP contribution in [0, 0.1) is 0 Å². The van der Waals surface area contributed by atoms with Gasteiger partial charge in [0.15, 0.2) is 6.29 Å². The molecule has 4 nitrogen and oxygen atoms in total. The van der Waals surface area contributed by atoms with Crippen molar-refractivity contribution in [3.8, 4) is 0 Å². The first kappa shape index (κ1) is 12.0. The summed E-state index contributed by atoms with van der Waals surface area (Å²) in [7, 11) is 0. The van der Waals surface area contributed by atoms with Crippen LogP contribution in [-0.2, 0) is 9.59 Å². The number of hydrogen-bond acceptors (Lipinski definition) is 4. The predicted molar refractivity (Wildman–Crippen MR) is 35.5 cm³/mol. The molecule has 0 bridgehead atoms. The van der Waals surface area contributed by atoms with Gasteiger partial charge in [0, 0.05) is 0 Å². The number of carbonyl (C=O) groups excluding carboxylic acids is 2. The number of Topliss-reactive ketones (excluding diaryl/α,β-unsaturated/α-hetero) is 1. The zero-order chi connectivity index (χ0) is 8.57. The lowest BCUT2D eigenvalue weighted by atomic mass is 10.4. The maximum absolute atomic E-state index is 9.44. The van der Waals surface area contributed by atoms with E-state index in [2.05, 4.69) is 0 Å². The largest absolute Gasteiger partial charge is 0.393 e. The molecule has 0 aliphatic rings. The van der Waals surface area contributed by atoms with Crippen LogP contribution in [-0.4, -0.2) is 35.0 Å². The van der Waals surface area contributed by atoms with E-state index in [-0.39, 0.29) is 12.1 Å². The summed E-state index contributed by atoms with van der Waals surface area (Å²) in [5.41, 5.74) is 0. The number of aldehydes is 1. The van der Waals surface area contributed by atoms with Gasteiger partial charge in [0.1, 0.15) is 11.9 Å². The third kappa shape index (κ3) is 26.8. The van der Waals surface area contributed by atoms with Crippen molar-refractivity contribution < 1.29 is 19.8 Å². The summed E-state index contributed by atoms with van der Waals surface area (Å²) in [6, 6.07) is 0. The van der Waals surface area contributed by atoms with E-state index >= 15 is 0 Å². The second-order valence-electron chi connectivity index (χ2n) is 1.79. The van der Waals surface area contributed by atoms with Crippen LogP contribution in [0.4, 0.5) is 0 Å². The van der Waals surface area contributed by atoms with Gasteiger partial charge in [-0.3, -0.25) is 0 Å². The molecular weight excluding hydrogens is 136 g/mol. The molecule has 0 aliphatic carbocycles. The predicted octanol–water partition coefficient (Wildman–Crippen LogP) is -0.866. The first-order valence-electron chi connectivity index (χ1n) is 2.76. The van der Waals surface area contributed by atoms with Gasteiger partial charge in [-0.1, -0.05) is 0 Å². The van der Waals surface area contributed by atoms with Gasteiger partial charge in [-0.15, -0.1) is 0 Å². The van der Waals surface area contributed by atoms with Crippen molar-refractivity contribution in [3.05, 3.63) is 0 Å². The van der Waals surface area contributed by atoms with Crippen molar-refractivity contribution >= 4 is 12.1 Å². The first-order chi connectivity index (χ1) is 4.54. The Bertz CT molecular complexity index is 95.9. The lowest BCUT2D eigenvalue weighted by Crippen LogP contribution is -2.12. The Labute approximate surface area is 59.5 Å². The van der Waals surface area contributed by atoms with Crippen LogP contribution in [0.5, 0.6) is 0 Å². The maximum atomic E-state index is 9.44. The summed E-state index contributed by atoms with van der Waals surface area (Å²) in [6.45, 7) is 2.57. The minimum Gasteiger partial charge on any atom is -0.393 e. The highest BCUT2D eigenvalue weighted by atomic mass is 16.3. The topological polar surface area (TPSA) is 74.6 Å². The summed E-state index contributed by atoms with van der Waals surface area (Å²) in [4.78, 5) is 18.8. The Hall–Kier alpha value is -0.740. The number of hydrogen-bond donors (Lipinski definition) is 2. The van der Waals surface area contributed by atoms with E-state index in [1.807, 2.05) is 0 Å². The molecule has 0 saturated heterocycles. The molecule has 0 rings (SSSR count). The third-order valence-electron chi connectivity index (χ3n) is 0.344. The highest BCUT2D eigenvalue weighted by Crippen LogP contribution is 1.66. The van der Waals surface area contributed by atoms with Crippen LogP contribution >= 0.6 is 0 Å². The minimum absolute atomic E-state index is 0.167. The van der Waals surface area contributed by atoms with Crippen LogP contribution < -0.4 is 0 Å². The second kappa shape index (κ2) is 8.26. The normalized spacial score (nSPS) is 10.8. The molecule has 4 heteroatoms. The number of ketones is 1. The Morgan fingerprint density at radius 2 is 1.90 bits per heavy atom. The molecule has 0 fully saturated rings. The second-order valence-corrected chi connectivity index (χ2v) is 1.79. The molecule has 0 spiro atoms. The van der Waals surface area contributed by atoms with Gasteiger partial charge in [-0.2, -0.15) is 0 Å². The summed E-state index contributed by atoms with van der Waals surface area (Å²) in [5.74, 6) is 0.167. The van der Waals surface area contributed by atoms with Gasteiger partial charge in [0.25, 0.3) is 0 Å². The Morgan fingerprint density at radius 1 is 1.60 bits per heavy atom. The zero-order valence-electron chi connectivity index (χ0n) is 6.07. The zero-order valence-corrected chi connectivity index (χ0v) is 6.07. The summed E-state index contributed by atoms with van der Waals surface area (Å²) < 4.78 is 0. The van der Waals surface area contributed by atoms with E-state index < -0.39 is 12.7 Å². The molecular formula is C6H12O4. The molecule has 0 aliphatic heterocycles. The van der Waals surface area contributed by atoms with Crippen LogP contribution in [0.2, 0.25) is 0 Å². The van der Waals surface area contributed by atoms with E-state index in [1.165, 1.54) is 13.8 Å². The van der Waals surface area contributed by atoms with E-state index in [1.54, 1.807) is 0 Å². The Morgan fingerprint density at radius 3 is 1.90 bits per heavy atom. The summed E-state index contributed by atoms with van der Waals surface area (Å²) in [6.07, 6.45) is -0.912. The minimum atomic E-state index is -1.19.